The van der Waals surface area contributed by atoms with Crippen molar-refractivity contribution in [3.05, 3.63) is 140 Å². The monoisotopic (exact) mass is 545 g/mol. The molecule has 0 radical (unpaired) electrons. The first-order valence-electron chi connectivity index (χ1n) is 13.6. The number of para-hydroxylation sites is 3. The molecule has 6 aromatic rings. The molecule has 2 nitrogen and oxygen atoms in total. The van der Waals surface area contributed by atoms with E-state index in [1.807, 2.05) is 11.8 Å². The topological polar surface area (TPSA) is 12.5 Å². The van der Waals surface area contributed by atoms with Gasteiger partial charge < -0.3 is 9.64 Å². The maximum atomic E-state index is 6.69. The first-order chi connectivity index (χ1) is 19.8. The number of nitrogens with zero attached hydrogens (tertiary/aromatic N) is 1. The number of fused-ring (bicyclic) bond motifs is 11. The minimum atomic E-state index is -2.64. The summed E-state index contributed by atoms with van der Waals surface area (Å²) in [5.41, 5.74) is 6.29. The quantitative estimate of drug-likeness (QED) is 0.205. The summed E-state index contributed by atoms with van der Waals surface area (Å²) in [5, 5.41) is 5.53. The fraction of sp³-hybridized carbons (Fsp3) is 0. The van der Waals surface area contributed by atoms with Crippen molar-refractivity contribution in [1.29, 1.82) is 0 Å². The molecule has 3 aliphatic heterocycles. The molecule has 0 aliphatic carbocycles. The van der Waals surface area contributed by atoms with Crippen LogP contribution >= 0.6 is 11.8 Å². The normalized spacial score (nSPS) is 14.8. The van der Waals surface area contributed by atoms with Crippen molar-refractivity contribution in [3.8, 4) is 22.6 Å². The van der Waals surface area contributed by atoms with E-state index >= 15 is 0 Å². The van der Waals surface area contributed by atoms with Crippen molar-refractivity contribution in [2.24, 2.45) is 0 Å². The van der Waals surface area contributed by atoms with Crippen LogP contribution in [0.1, 0.15) is 0 Å². The van der Waals surface area contributed by atoms with Crippen LogP contribution in [0.4, 0.5) is 17.1 Å². The zero-order valence-electron chi connectivity index (χ0n) is 21.5. The number of hydrogen-bond donors (Lipinski definition) is 0. The van der Waals surface area contributed by atoms with Gasteiger partial charge in [0.15, 0.2) is 8.07 Å². The van der Waals surface area contributed by atoms with Crippen LogP contribution in [0.15, 0.2) is 149 Å². The van der Waals surface area contributed by atoms with E-state index in [0.29, 0.717) is 0 Å². The Bertz CT molecular complexity index is 1910. The zero-order chi connectivity index (χ0) is 26.3. The standard InChI is InChI=1S/C36H23NOSSi/c1-8-18-33-25(11-1)26-12-2-9-19-34(26)40(33)35-20-10-5-15-29(35)38-30-22-21-24(23-36(30)40)37-27-13-3-6-16-31(27)39-32-17-7-4-14-28(32)37/h1-23H. The lowest BCUT2D eigenvalue weighted by molar-refractivity contribution is 0.487. The number of ether oxygens (including phenoxy) is 1. The van der Waals surface area contributed by atoms with Gasteiger partial charge in [-0.2, -0.15) is 0 Å². The first-order valence-corrected chi connectivity index (χ1v) is 16.4. The number of rotatable bonds is 1. The molecule has 188 valence electrons. The molecule has 1 spiro atoms. The minimum Gasteiger partial charge on any atom is -0.458 e. The third-order valence-corrected chi connectivity index (χ3v) is 14.6. The molecule has 3 heterocycles. The Morgan fingerprint density at radius 3 is 1.68 bits per heavy atom. The molecule has 0 aromatic heterocycles. The van der Waals surface area contributed by atoms with Crippen LogP contribution in [0.25, 0.3) is 11.1 Å². The summed E-state index contributed by atoms with van der Waals surface area (Å²) in [6.07, 6.45) is 0. The lowest BCUT2D eigenvalue weighted by atomic mass is 10.1. The molecular weight excluding hydrogens is 523 g/mol. The second kappa shape index (κ2) is 8.24. The number of benzene rings is 6. The largest absolute Gasteiger partial charge is 0.458 e. The van der Waals surface area contributed by atoms with E-state index in [9.17, 15) is 0 Å². The SMILES string of the molecule is c1ccc2c(c1)Oc1ccc(N3c4ccccc4Sc4ccccc43)cc1[Si]21c2ccccc2-c2ccccc21. The van der Waals surface area contributed by atoms with Gasteiger partial charge in [-0.25, -0.2) is 0 Å². The third kappa shape index (κ3) is 2.84. The molecule has 6 aromatic carbocycles. The van der Waals surface area contributed by atoms with Crippen LogP contribution < -0.4 is 30.4 Å². The van der Waals surface area contributed by atoms with E-state index in [4.69, 9.17) is 4.74 Å². The molecule has 9 rings (SSSR count). The Hall–Kier alpha value is -4.51. The summed E-state index contributed by atoms with van der Waals surface area (Å²) in [5.74, 6) is 1.94. The van der Waals surface area contributed by atoms with E-state index in [0.717, 1.165) is 17.2 Å². The van der Waals surface area contributed by atoms with Crippen molar-refractivity contribution in [2.75, 3.05) is 4.90 Å². The van der Waals surface area contributed by atoms with Crippen LogP contribution in [-0.4, -0.2) is 8.07 Å². The highest BCUT2D eigenvalue weighted by Crippen LogP contribution is 2.51. The van der Waals surface area contributed by atoms with E-state index in [2.05, 4.69) is 144 Å². The Kier molecular flexibility index (Phi) is 4.60. The summed E-state index contributed by atoms with van der Waals surface area (Å²) < 4.78 is 6.69. The molecule has 0 unspecified atom stereocenters. The van der Waals surface area contributed by atoms with E-state index in [1.54, 1.807) is 0 Å². The molecule has 0 saturated heterocycles. The fourth-order valence-electron chi connectivity index (χ4n) is 6.97. The van der Waals surface area contributed by atoms with Gasteiger partial charge in [-0.1, -0.05) is 103 Å². The maximum Gasteiger partial charge on any atom is 0.189 e. The van der Waals surface area contributed by atoms with Gasteiger partial charge in [-0.3, -0.25) is 0 Å². The number of hydrogen-bond acceptors (Lipinski definition) is 3. The van der Waals surface area contributed by atoms with Crippen molar-refractivity contribution in [1.82, 2.24) is 0 Å². The van der Waals surface area contributed by atoms with Crippen LogP contribution in [0.5, 0.6) is 11.5 Å². The second-order valence-corrected chi connectivity index (χ2v) is 15.2. The Morgan fingerprint density at radius 1 is 0.475 bits per heavy atom. The molecule has 4 heteroatoms. The summed E-state index contributed by atoms with van der Waals surface area (Å²) in [6.45, 7) is 0. The Labute approximate surface area is 238 Å². The molecule has 3 aliphatic rings. The third-order valence-electron chi connectivity index (χ3n) is 8.52. The van der Waals surface area contributed by atoms with E-state index in [1.165, 1.54) is 53.0 Å². The van der Waals surface area contributed by atoms with Crippen LogP contribution in [0, 0.1) is 0 Å². The van der Waals surface area contributed by atoms with Crippen molar-refractivity contribution < 1.29 is 4.74 Å². The zero-order valence-corrected chi connectivity index (χ0v) is 23.4. The first kappa shape index (κ1) is 22.3. The van der Waals surface area contributed by atoms with Gasteiger partial charge in [0.05, 0.1) is 11.4 Å². The van der Waals surface area contributed by atoms with Gasteiger partial charge in [0.2, 0.25) is 0 Å². The molecule has 0 atom stereocenters. The van der Waals surface area contributed by atoms with Gasteiger partial charge in [0.1, 0.15) is 11.5 Å². The molecule has 0 amide bonds. The number of anilines is 3. The summed E-state index contributed by atoms with van der Waals surface area (Å²) >= 11 is 1.84. The lowest BCUT2D eigenvalue weighted by Crippen LogP contribution is -2.74. The molecule has 0 saturated carbocycles. The fourth-order valence-corrected chi connectivity index (χ4v) is 13.4. The predicted octanol–water partition coefficient (Wildman–Crippen LogP) is 7.08. The van der Waals surface area contributed by atoms with Gasteiger partial charge in [-0.05, 0) is 80.4 Å². The summed E-state index contributed by atoms with van der Waals surface area (Å²) in [7, 11) is -2.64. The van der Waals surface area contributed by atoms with Crippen LogP contribution in [-0.2, 0) is 0 Å². The molecule has 0 bridgehead atoms. The van der Waals surface area contributed by atoms with Crippen molar-refractivity contribution >= 4 is 57.6 Å². The van der Waals surface area contributed by atoms with Gasteiger partial charge in [0, 0.05) is 15.5 Å². The lowest BCUT2D eigenvalue weighted by Gasteiger charge is -2.39. The molecule has 40 heavy (non-hydrogen) atoms. The van der Waals surface area contributed by atoms with Crippen LogP contribution in [0.2, 0.25) is 0 Å². The van der Waals surface area contributed by atoms with Gasteiger partial charge in [-0.15, -0.1) is 0 Å². The van der Waals surface area contributed by atoms with Crippen LogP contribution in [0.3, 0.4) is 0 Å². The summed E-state index contributed by atoms with van der Waals surface area (Å²) in [4.78, 5) is 4.96. The summed E-state index contributed by atoms with van der Waals surface area (Å²) in [6, 6.07) is 51.1. The molecule has 0 fully saturated rings. The smallest absolute Gasteiger partial charge is 0.189 e. The van der Waals surface area contributed by atoms with E-state index < -0.39 is 8.07 Å². The Balaban J connectivity index is 1.37. The van der Waals surface area contributed by atoms with Crippen molar-refractivity contribution in [3.63, 3.8) is 0 Å². The average Bonchev–Trinajstić information content (AvgIpc) is 3.31. The Morgan fingerprint density at radius 2 is 1.00 bits per heavy atom. The van der Waals surface area contributed by atoms with Gasteiger partial charge >= 0.3 is 0 Å². The van der Waals surface area contributed by atoms with E-state index in [-0.39, 0.29) is 0 Å². The minimum absolute atomic E-state index is 0.966. The van der Waals surface area contributed by atoms with Crippen molar-refractivity contribution in [2.45, 2.75) is 9.79 Å². The van der Waals surface area contributed by atoms with Gasteiger partial charge in [0.25, 0.3) is 0 Å². The molecular formula is C36H23NOSSi. The highest BCUT2D eigenvalue weighted by molar-refractivity contribution is 7.99. The average molecular weight is 546 g/mol. The predicted molar refractivity (Wildman–Crippen MR) is 168 cm³/mol. The highest BCUT2D eigenvalue weighted by atomic mass is 32.2. The molecule has 0 N–H and O–H groups in total. The second-order valence-electron chi connectivity index (χ2n) is 10.5. The maximum absolute atomic E-state index is 6.69. The highest BCUT2D eigenvalue weighted by Gasteiger charge is 2.53.